The van der Waals surface area contributed by atoms with E-state index in [2.05, 4.69) is 5.32 Å². The van der Waals surface area contributed by atoms with Gasteiger partial charge in [-0.25, -0.2) is 4.79 Å². The largest absolute Gasteiger partial charge is 0.480 e. The summed E-state index contributed by atoms with van der Waals surface area (Å²) in [5.74, 6) is -0.121. The number of rotatable bonds is 4. The molecule has 20 heavy (non-hydrogen) atoms. The maximum Gasteiger partial charge on any atom is 0.326 e. The Labute approximate surface area is 118 Å². The standard InChI is InChI=1S/C15H21NO4/c1-9-8-12(10(2)20-9)14(17)16-13(15(18)19)11-6-4-3-5-7-11/h8,11,13H,3-7H2,1-2H3,(H,16,17)(H,18,19). The van der Waals surface area contributed by atoms with Gasteiger partial charge in [0, 0.05) is 0 Å². The molecular weight excluding hydrogens is 258 g/mol. The van der Waals surface area contributed by atoms with Crippen molar-refractivity contribution in [1.82, 2.24) is 5.32 Å². The van der Waals surface area contributed by atoms with Gasteiger partial charge in [0.25, 0.3) is 5.91 Å². The number of nitrogens with one attached hydrogen (secondary N) is 1. The zero-order valence-electron chi connectivity index (χ0n) is 11.9. The van der Waals surface area contributed by atoms with Crippen LogP contribution in [0.3, 0.4) is 0 Å². The minimum absolute atomic E-state index is 0.0264. The van der Waals surface area contributed by atoms with E-state index in [1.807, 2.05) is 0 Å². The average molecular weight is 279 g/mol. The van der Waals surface area contributed by atoms with Gasteiger partial charge in [0.15, 0.2) is 0 Å². The van der Waals surface area contributed by atoms with Crippen LogP contribution in [0.5, 0.6) is 0 Å². The smallest absolute Gasteiger partial charge is 0.326 e. The van der Waals surface area contributed by atoms with Crippen molar-refractivity contribution in [1.29, 1.82) is 0 Å². The molecular formula is C15H21NO4. The summed E-state index contributed by atoms with van der Waals surface area (Å²) in [4.78, 5) is 23.6. The van der Waals surface area contributed by atoms with Gasteiger partial charge in [-0.3, -0.25) is 4.79 Å². The fraction of sp³-hybridized carbons (Fsp3) is 0.600. The monoisotopic (exact) mass is 279 g/mol. The molecule has 0 spiro atoms. The number of amides is 1. The first kappa shape index (κ1) is 14.6. The number of hydrogen-bond donors (Lipinski definition) is 2. The van der Waals surface area contributed by atoms with Crippen LogP contribution in [0.1, 0.15) is 54.0 Å². The topological polar surface area (TPSA) is 79.5 Å². The molecule has 0 saturated heterocycles. The molecule has 1 aliphatic carbocycles. The van der Waals surface area contributed by atoms with Gasteiger partial charge < -0.3 is 14.8 Å². The summed E-state index contributed by atoms with van der Waals surface area (Å²) in [6.45, 7) is 3.47. The van der Waals surface area contributed by atoms with Crippen molar-refractivity contribution in [2.75, 3.05) is 0 Å². The number of carboxylic acids is 1. The Morgan fingerprint density at radius 3 is 2.45 bits per heavy atom. The maximum absolute atomic E-state index is 12.2. The molecule has 1 atom stereocenters. The highest BCUT2D eigenvalue weighted by atomic mass is 16.4. The highest BCUT2D eigenvalue weighted by Gasteiger charge is 2.31. The Balaban J connectivity index is 2.09. The molecule has 1 fully saturated rings. The lowest BCUT2D eigenvalue weighted by atomic mass is 9.84. The molecule has 0 radical (unpaired) electrons. The number of carbonyl (C=O) groups excluding carboxylic acids is 1. The van der Waals surface area contributed by atoms with Crippen molar-refractivity contribution in [2.24, 2.45) is 5.92 Å². The number of aliphatic carboxylic acids is 1. The van der Waals surface area contributed by atoms with Gasteiger partial charge in [0.1, 0.15) is 17.6 Å². The molecule has 1 amide bonds. The van der Waals surface area contributed by atoms with Gasteiger partial charge >= 0.3 is 5.97 Å². The average Bonchev–Trinajstić information content (AvgIpc) is 2.75. The highest BCUT2D eigenvalue weighted by Crippen LogP contribution is 2.27. The third-order valence-corrected chi connectivity index (χ3v) is 3.96. The predicted molar refractivity (Wildman–Crippen MR) is 73.6 cm³/mol. The Morgan fingerprint density at radius 1 is 1.30 bits per heavy atom. The van der Waals surface area contributed by atoms with Crippen LogP contribution in [0, 0.1) is 19.8 Å². The van der Waals surface area contributed by atoms with Crippen molar-refractivity contribution >= 4 is 11.9 Å². The molecule has 1 heterocycles. The number of aryl methyl sites for hydroxylation is 2. The highest BCUT2D eigenvalue weighted by molar-refractivity contribution is 5.97. The van der Waals surface area contributed by atoms with Crippen LogP contribution in [0.25, 0.3) is 0 Å². The van der Waals surface area contributed by atoms with E-state index in [9.17, 15) is 14.7 Å². The number of carboxylic acid groups (broad SMARTS) is 1. The first-order valence-corrected chi connectivity index (χ1v) is 7.09. The fourth-order valence-electron chi connectivity index (χ4n) is 2.92. The molecule has 1 aliphatic rings. The predicted octanol–water partition coefficient (Wildman–Crippen LogP) is 2.66. The van der Waals surface area contributed by atoms with Crippen LogP contribution >= 0.6 is 0 Å². The Morgan fingerprint density at radius 2 is 1.95 bits per heavy atom. The second kappa shape index (κ2) is 6.11. The normalized spacial score (nSPS) is 17.7. The molecule has 5 nitrogen and oxygen atoms in total. The van der Waals surface area contributed by atoms with Crippen LogP contribution in [0.4, 0.5) is 0 Å². The summed E-state index contributed by atoms with van der Waals surface area (Å²) in [7, 11) is 0. The van der Waals surface area contributed by atoms with Crippen molar-refractivity contribution in [3.8, 4) is 0 Å². The molecule has 0 aromatic carbocycles. The first-order chi connectivity index (χ1) is 9.49. The van der Waals surface area contributed by atoms with E-state index in [0.29, 0.717) is 17.1 Å². The molecule has 0 aliphatic heterocycles. The van der Waals surface area contributed by atoms with E-state index < -0.39 is 12.0 Å². The van der Waals surface area contributed by atoms with Gasteiger partial charge in [0.2, 0.25) is 0 Å². The summed E-state index contributed by atoms with van der Waals surface area (Å²) in [6, 6.07) is 0.835. The van der Waals surface area contributed by atoms with Crippen LogP contribution in [0.2, 0.25) is 0 Å². The summed E-state index contributed by atoms with van der Waals surface area (Å²) in [5.41, 5.74) is 0.421. The fourth-order valence-corrected chi connectivity index (χ4v) is 2.92. The van der Waals surface area contributed by atoms with E-state index in [-0.39, 0.29) is 11.8 Å². The summed E-state index contributed by atoms with van der Waals surface area (Å²) in [6.07, 6.45) is 4.94. The minimum Gasteiger partial charge on any atom is -0.480 e. The van der Waals surface area contributed by atoms with Gasteiger partial charge in [-0.05, 0) is 38.7 Å². The van der Waals surface area contributed by atoms with Crippen LogP contribution < -0.4 is 5.32 Å². The van der Waals surface area contributed by atoms with Gasteiger partial charge in [-0.2, -0.15) is 0 Å². The molecule has 0 bridgehead atoms. The second-order valence-corrected chi connectivity index (χ2v) is 5.51. The van der Waals surface area contributed by atoms with E-state index in [1.54, 1.807) is 19.9 Å². The molecule has 1 unspecified atom stereocenters. The lowest BCUT2D eigenvalue weighted by molar-refractivity contribution is -0.141. The Kier molecular flexibility index (Phi) is 4.47. The van der Waals surface area contributed by atoms with Crippen molar-refractivity contribution < 1.29 is 19.1 Å². The van der Waals surface area contributed by atoms with E-state index >= 15 is 0 Å². The van der Waals surface area contributed by atoms with Crippen LogP contribution in [-0.2, 0) is 4.79 Å². The Hall–Kier alpha value is -1.78. The van der Waals surface area contributed by atoms with Crippen molar-refractivity contribution in [3.63, 3.8) is 0 Å². The summed E-state index contributed by atoms with van der Waals surface area (Å²) in [5, 5.41) is 12.0. The molecule has 2 N–H and O–H groups in total. The SMILES string of the molecule is Cc1cc(C(=O)NC(C(=O)O)C2CCCCC2)c(C)o1. The molecule has 2 rings (SSSR count). The van der Waals surface area contributed by atoms with Crippen LogP contribution in [-0.4, -0.2) is 23.0 Å². The third kappa shape index (κ3) is 3.21. The maximum atomic E-state index is 12.2. The van der Waals surface area contributed by atoms with Gasteiger partial charge in [-0.1, -0.05) is 19.3 Å². The van der Waals surface area contributed by atoms with E-state index in [1.165, 1.54) is 0 Å². The lowest BCUT2D eigenvalue weighted by Crippen LogP contribution is -2.46. The van der Waals surface area contributed by atoms with Gasteiger partial charge in [0.05, 0.1) is 5.56 Å². The molecule has 1 aromatic heterocycles. The molecule has 1 saturated carbocycles. The summed E-state index contributed by atoms with van der Waals surface area (Å²) < 4.78 is 5.31. The molecule has 1 aromatic rings. The third-order valence-electron chi connectivity index (χ3n) is 3.96. The van der Waals surface area contributed by atoms with Gasteiger partial charge in [-0.15, -0.1) is 0 Å². The van der Waals surface area contributed by atoms with Crippen molar-refractivity contribution in [3.05, 3.63) is 23.2 Å². The molecule has 110 valence electrons. The van der Waals surface area contributed by atoms with E-state index in [0.717, 1.165) is 32.1 Å². The Bertz CT molecular complexity index is 500. The van der Waals surface area contributed by atoms with Crippen LogP contribution in [0.15, 0.2) is 10.5 Å². The first-order valence-electron chi connectivity index (χ1n) is 7.09. The lowest BCUT2D eigenvalue weighted by Gasteiger charge is -2.27. The number of hydrogen-bond acceptors (Lipinski definition) is 3. The minimum atomic E-state index is -0.955. The van der Waals surface area contributed by atoms with E-state index in [4.69, 9.17) is 4.42 Å². The second-order valence-electron chi connectivity index (χ2n) is 5.51. The molecule has 5 heteroatoms. The zero-order valence-corrected chi connectivity index (χ0v) is 11.9. The number of carbonyl (C=O) groups is 2. The zero-order chi connectivity index (χ0) is 14.7. The number of furan rings is 1. The van der Waals surface area contributed by atoms with Crippen molar-refractivity contribution in [2.45, 2.75) is 52.0 Å². The quantitative estimate of drug-likeness (QED) is 0.888. The summed E-state index contributed by atoms with van der Waals surface area (Å²) >= 11 is 0.